The number of benzene rings is 1. The van der Waals surface area contributed by atoms with Crippen LogP contribution < -0.4 is 10.1 Å². The van der Waals surface area contributed by atoms with Gasteiger partial charge >= 0.3 is 0 Å². The first-order chi connectivity index (χ1) is 11.7. The third kappa shape index (κ3) is 2.78. The molecule has 4 heteroatoms. The highest BCUT2D eigenvalue weighted by atomic mass is 16.5. The van der Waals surface area contributed by atoms with E-state index in [-0.39, 0.29) is 6.10 Å². The van der Waals surface area contributed by atoms with Gasteiger partial charge in [0.05, 0.1) is 0 Å². The lowest BCUT2D eigenvalue weighted by atomic mass is 10.0. The van der Waals surface area contributed by atoms with Crippen molar-refractivity contribution < 1.29 is 4.74 Å². The van der Waals surface area contributed by atoms with Crippen molar-refractivity contribution >= 4 is 10.9 Å². The van der Waals surface area contributed by atoms with E-state index in [1.54, 1.807) is 0 Å². The van der Waals surface area contributed by atoms with Crippen LogP contribution >= 0.6 is 0 Å². The Morgan fingerprint density at radius 2 is 2.17 bits per heavy atom. The number of H-pyrrole nitrogens is 1. The molecule has 2 N–H and O–H groups in total. The van der Waals surface area contributed by atoms with Gasteiger partial charge in [-0.25, -0.2) is 0 Å². The van der Waals surface area contributed by atoms with E-state index in [4.69, 9.17) is 4.74 Å². The summed E-state index contributed by atoms with van der Waals surface area (Å²) >= 11 is 0. The van der Waals surface area contributed by atoms with Gasteiger partial charge in [0.25, 0.3) is 0 Å². The number of nitrogens with zero attached hydrogens (tertiary/aromatic N) is 1. The van der Waals surface area contributed by atoms with Gasteiger partial charge in [-0.05, 0) is 62.2 Å². The molecule has 1 saturated heterocycles. The zero-order valence-electron chi connectivity index (χ0n) is 14.2. The summed E-state index contributed by atoms with van der Waals surface area (Å²) in [5.41, 5.74) is 5.92. The van der Waals surface area contributed by atoms with Crippen LogP contribution in [0.25, 0.3) is 22.2 Å². The van der Waals surface area contributed by atoms with Gasteiger partial charge in [-0.1, -0.05) is 6.92 Å². The van der Waals surface area contributed by atoms with Crippen molar-refractivity contribution in [2.24, 2.45) is 0 Å². The third-order valence-corrected chi connectivity index (χ3v) is 4.73. The van der Waals surface area contributed by atoms with E-state index in [1.807, 2.05) is 13.1 Å². The molecule has 1 fully saturated rings. The molecule has 1 aliphatic heterocycles. The average Bonchev–Trinajstić information content (AvgIpc) is 3.21. The first-order valence-corrected chi connectivity index (χ1v) is 8.69. The molecule has 24 heavy (non-hydrogen) atoms. The van der Waals surface area contributed by atoms with Gasteiger partial charge in [0, 0.05) is 40.6 Å². The van der Waals surface area contributed by atoms with Crippen LogP contribution in [0.1, 0.15) is 24.6 Å². The second kappa shape index (κ2) is 6.29. The highest BCUT2D eigenvalue weighted by molar-refractivity contribution is 5.91. The number of aromatic nitrogens is 2. The number of rotatable bonds is 4. The fraction of sp³-hybridized carbons (Fsp3) is 0.350. The summed E-state index contributed by atoms with van der Waals surface area (Å²) in [6.45, 7) is 6.21. The lowest BCUT2D eigenvalue weighted by Crippen LogP contribution is -2.19. The van der Waals surface area contributed by atoms with Crippen molar-refractivity contribution in [1.82, 2.24) is 15.3 Å². The highest BCUT2D eigenvalue weighted by Crippen LogP contribution is 2.33. The number of pyridine rings is 1. The summed E-state index contributed by atoms with van der Waals surface area (Å²) in [5.74, 6) is 0.961. The molecule has 1 aliphatic rings. The number of aromatic amines is 1. The van der Waals surface area contributed by atoms with Crippen LogP contribution in [0, 0.1) is 6.92 Å². The normalized spacial score (nSPS) is 17.5. The molecule has 3 aromatic rings. The Morgan fingerprint density at radius 1 is 1.25 bits per heavy atom. The summed E-state index contributed by atoms with van der Waals surface area (Å²) in [6.07, 6.45) is 4.21. The molecule has 1 unspecified atom stereocenters. The predicted molar refractivity (Wildman–Crippen MR) is 97.5 cm³/mol. The molecule has 4 rings (SSSR count). The Bertz CT molecular complexity index is 862. The molecule has 124 valence electrons. The quantitative estimate of drug-likeness (QED) is 0.767. The van der Waals surface area contributed by atoms with Crippen molar-refractivity contribution in [3.63, 3.8) is 0 Å². The maximum Gasteiger partial charge on any atom is 0.120 e. The number of fused-ring (bicyclic) bond motifs is 1. The molecule has 0 aliphatic carbocycles. The van der Waals surface area contributed by atoms with Gasteiger partial charge < -0.3 is 15.0 Å². The van der Waals surface area contributed by atoms with E-state index in [0.717, 1.165) is 42.9 Å². The van der Waals surface area contributed by atoms with Crippen molar-refractivity contribution in [3.05, 3.63) is 47.8 Å². The standard InChI is InChI=1S/C20H23N3O/c1-3-17-18-11-15(24-16-7-8-21-12-16)4-5-19(18)23-20(17)14-6-9-22-13(2)10-14/h4-6,9-11,16,21,23H,3,7-8,12H2,1-2H3. The molecule has 0 radical (unpaired) electrons. The Morgan fingerprint density at radius 3 is 2.92 bits per heavy atom. The van der Waals surface area contributed by atoms with Crippen molar-refractivity contribution in [2.45, 2.75) is 32.8 Å². The van der Waals surface area contributed by atoms with E-state index in [1.165, 1.54) is 22.2 Å². The highest BCUT2D eigenvalue weighted by Gasteiger charge is 2.17. The van der Waals surface area contributed by atoms with Crippen LogP contribution in [0.2, 0.25) is 0 Å². The van der Waals surface area contributed by atoms with Crippen molar-refractivity contribution in [1.29, 1.82) is 0 Å². The van der Waals surface area contributed by atoms with E-state index in [0.29, 0.717) is 0 Å². The summed E-state index contributed by atoms with van der Waals surface area (Å²) in [4.78, 5) is 7.89. The van der Waals surface area contributed by atoms with Crippen LogP contribution in [0.4, 0.5) is 0 Å². The smallest absolute Gasteiger partial charge is 0.120 e. The van der Waals surface area contributed by atoms with Gasteiger partial charge in [0.2, 0.25) is 0 Å². The molecule has 0 saturated carbocycles. The minimum absolute atomic E-state index is 0.286. The SMILES string of the molecule is CCc1c(-c2ccnc(C)c2)[nH]c2ccc(OC3CCNC3)cc12. The lowest BCUT2D eigenvalue weighted by molar-refractivity contribution is 0.223. The largest absolute Gasteiger partial charge is 0.489 e. The van der Waals surface area contributed by atoms with E-state index in [9.17, 15) is 0 Å². The zero-order chi connectivity index (χ0) is 16.5. The molecule has 2 aromatic heterocycles. The zero-order valence-corrected chi connectivity index (χ0v) is 14.2. The van der Waals surface area contributed by atoms with Gasteiger partial charge in [0.15, 0.2) is 0 Å². The number of aryl methyl sites for hydroxylation is 2. The second-order valence-corrected chi connectivity index (χ2v) is 6.46. The number of hydrogen-bond donors (Lipinski definition) is 2. The summed E-state index contributed by atoms with van der Waals surface area (Å²) in [7, 11) is 0. The van der Waals surface area contributed by atoms with Crippen molar-refractivity contribution in [3.8, 4) is 17.0 Å². The molecule has 1 aromatic carbocycles. The van der Waals surface area contributed by atoms with E-state index in [2.05, 4.69) is 52.5 Å². The molecule has 1 atom stereocenters. The van der Waals surface area contributed by atoms with Gasteiger partial charge in [-0.3, -0.25) is 4.98 Å². The number of ether oxygens (including phenoxy) is 1. The van der Waals surface area contributed by atoms with Gasteiger partial charge in [-0.2, -0.15) is 0 Å². The first kappa shape index (κ1) is 15.2. The van der Waals surface area contributed by atoms with Crippen LogP contribution in [0.5, 0.6) is 5.75 Å². The molecule has 0 spiro atoms. The minimum atomic E-state index is 0.286. The summed E-state index contributed by atoms with van der Waals surface area (Å²) in [5, 5.41) is 4.60. The Labute approximate surface area is 142 Å². The molecular weight excluding hydrogens is 298 g/mol. The number of nitrogens with one attached hydrogen (secondary N) is 2. The molecular formula is C20H23N3O. The first-order valence-electron chi connectivity index (χ1n) is 8.69. The van der Waals surface area contributed by atoms with E-state index < -0.39 is 0 Å². The van der Waals surface area contributed by atoms with Crippen molar-refractivity contribution in [2.75, 3.05) is 13.1 Å². The summed E-state index contributed by atoms with van der Waals surface area (Å²) < 4.78 is 6.13. The summed E-state index contributed by atoms with van der Waals surface area (Å²) in [6, 6.07) is 10.6. The molecule has 0 amide bonds. The minimum Gasteiger partial charge on any atom is -0.489 e. The average molecular weight is 321 g/mol. The monoisotopic (exact) mass is 321 g/mol. The Kier molecular flexibility index (Phi) is 3.98. The fourth-order valence-electron chi connectivity index (χ4n) is 3.54. The van der Waals surface area contributed by atoms with Crippen LogP contribution in [0.15, 0.2) is 36.5 Å². The van der Waals surface area contributed by atoms with Crippen LogP contribution in [-0.4, -0.2) is 29.2 Å². The van der Waals surface area contributed by atoms with Gasteiger partial charge in [0.1, 0.15) is 11.9 Å². The fourth-order valence-corrected chi connectivity index (χ4v) is 3.54. The lowest BCUT2D eigenvalue weighted by Gasteiger charge is -2.12. The van der Waals surface area contributed by atoms with Crippen LogP contribution in [0.3, 0.4) is 0 Å². The number of hydrogen-bond acceptors (Lipinski definition) is 3. The Hall–Kier alpha value is -2.33. The molecule has 0 bridgehead atoms. The topological polar surface area (TPSA) is 49.9 Å². The maximum absolute atomic E-state index is 6.13. The maximum atomic E-state index is 6.13. The predicted octanol–water partition coefficient (Wildman–Crippen LogP) is 3.84. The second-order valence-electron chi connectivity index (χ2n) is 6.46. The molecule has 3 heterocycles. The van der Waals surface area contributed by atoms with Gasteiger partial charge in [-0.15, -0.1) is 0 Å². The van der Waals surface area contributed by atoms with Crippen LogP contribution in [-0.2, 0) is 6.42 Å². The molecule has 4 nitrogen and oxygen atoms in total. The Balaban J connectivity index is 1.76. The van der Waals surface area contributed by atoms with E-state index >= 15 is 0 Å². The third-order valence-electron chi connectivity index (χ3n) is 4.73.